The summed E-state index contributed by atoms with van der Waals surface area (Å²) < 4.78 is 6.08. The number of carbonyl (C=O) groups is 1. The van der Waals surface area contributed by atoms with E-state index in [1.807, 2.05) is 55.5 Å². The highest BCUT2D eigenvalue weighted by Crippen LogP contribution is 2.49. The number of benzene rings is 3. The van der Waals surface area contributed by atoms with Crippen molar-refractivity contribution in [2.75, 3.05) is 4.90 Å². The minimum absolute atomic E-state index is 0.0706. The lowest BCUT2D eigenvalue weighted by Crippen LogP contribution is -2.28. The predicted octanol–water partition coefficient (Wildman–Crippen LogP) is 7.02. The fraction of sp³-hybridized carbons (Fsp3) is 0.276. The van der Waals surface area contributed by atoms with Crippen molar-refractivity contribution in [1.82, 2.24) is 0 Å². The van der Waals surface area contributed by atoms with Crippen molar-refractivity contribution in [3.8, 4) is 22.6 Å². The second-order valence-electron chi connectivity index (χ2n) is 8.71. The van der Waals surface area contributed by atoms with E-state index < -0.39 is 0 Å². The molecular weight excluding hydrogens is 410 g/mol. The summed E-state index contributed by atoms with van der Waals surface area (Å²) in [7, 11) is 0. The van der Waals surface area contributed by atoms with E-state index in [1.54, 1.807) is 11.8 Å². The van der Waals surface area contributed by atoms with Crippen molar-refractivity contribution < 1.29 is 14.6 Å². The zero-order chi connectivity index (χ0) is 23.5. The van der Waals surface area contributed by atoms with Crippen molar-refractivity contribution in [3.05, 3.63) is 83.4 Å². The lowest BCUT2D eigenvalue weighted by molar-refractivity contribution is -0.116. The molecule has 0 spiro atoms. The molecule has 4 nitrogen and oxygen atoms in total. The number of hydrogen-bond donors (Lipinski definition) is 1. The number of fused-ring (bicyclic) bond motifs is 3. The van der Waals surface area contributed by atoms with E-state index in [2.05, 4.69) is 19.6 Å². The number of rotatable bonds is 7. The molecule has 4 heteroatoms. The van der Waals surface area contributed by atoms with Crippen LogP contribution in [0.15, 0.2) is 61.2 Å². The maximum Gasteiger partial charge on any atom is 0.224 e. The van der Waals surface area contributed by atoms with Gasteiger partial charge in [0.1, 0.15) is 17.3 Å². The summed E-state index contributed by atoms with van der Waals surface area (Å²) in [6, 6.07) is 17.7. The first-order valence-corrected chi connectivity index (χ1v) is 11.6. The van der Waals surface area contributed by atoms with Crippen LogP contribution in [0, 0.1) is 6.92 Å². The van der Waals surface area contributed by atoms with Crippen LogP contribution < -0.4 is 9.64 Å². The number of phenols is 1. The maximum absolute atomic E-state index is 12.6. The molecule has 0 saturated heterocycles. The normalized spacial score (nSPS) is 12.0. The molecule has 4 rings (SSSR count). The van der Waals surface area contributed by atoms with Gasteiger partial charge in [-0.15, -0.1) is 0 Å². The maximum atomic E-state index is 12.6. The Hall–Kier alpha value is -3.53. The summed E-state index contributed by atoms with van der Waals surface area (Å²) in [6.07, 6.45) is 4.02. The molecule has 0 radical (unpaired) electrons. The molecule has 0 bridgehead atoms. The average molecular weight is 442 g/mol. The number of aryl methyl sites for hydroxylation is 2. The molecule has 0 atom stereocenters. The van der Waals surface area contributed by atoms with E-state index in [9.17, 15) is 9.90 Å². The summed E-state index contributed by atoms with van der Waals surface area (Å²) >= 11 is 0. The van der Waals surface area contributed by atoms with E-state index in [4.69, 9.17) is 4.74 Å². The molecule has 0 saturated carbocycles. The van der Waals surface area contributed by atoms with Crippen LogP contribution in [0.1, 0.15) is 55.4 Å². The summed E-state index contributed by atoms with van der Waals surface area (Å²) in [5.41, 5.74) is 6.14. The summed E-state index contributed by atoms with van der Waals surface area (Å²) in [6.45, 7) is 10.2. The number of carbonyl (C=O) groups excluding carboxylic acids is 1. The molecule has 1 aliphatic heterocycles. The topological polar surface area (TPSA) is 49.8 Å². The molecule has 1 aliphatic rings. The molecule has 1 amide bonds. The third-order valence-electron chi connectivity index (χ3n) is 6.25. The molecular formula is C29H31NO3. The molecule has 0 fully saturated rings. The standard InChI is InChI=1S/C29H31NO3/c1-5-6-8-11-22-17-27-28(25-16-19(2)14-15-24(25)20(3)33-27)29(32)26(22)18-30(21(4)31)23-12-9-7-10-13-23/h7,9-10,12-17,32H,3,5-6,8,11,18H2,1-2,4H3. The van der Waals surface area contributed by atoms with Crippen molar-refractivity contribution in [3.63, 3.8) is 0 Å². The highest BCUT2D eigenvalue weighted by Gasteiger charge is 2.28. The van der Waals surface area contributed by atoms with Gasteiger partial charge in [0.25, 0.3) is 0 Å². The van der Waals surface area contributed by atoms with Gasteiger partial charge in [0, 0.05) is 29.3 Å². The third-order valence-corrected chi connectivity index (χ3v) is 6.25. The molecule has 0 aromatic heterocycles. The Kier molecular flexibility index (Phi) is 6.55. The van der Waals surface area contributed by atoms with Gasteiger partial charge >= 0.3 is 0 Å². The SMILES string of the molecule is C=C1Oc2cc(CCCCC)c(CN(C(C)=O)c3ccccc3)c(O)c2-c2cc(C)ccc21. The summed E-state index contributed by atoms with van der Waals surface area (Å²) in [5, 5.41) is 11.6. The Morgan fingerprint density at radius 1 is 1.06 bits per heavy atom. The van der Waals surface area contributed by atoms with Crippen LogP contribution in [-0.4, -0.2) is 11.0 Å². The van der Waals surface area contributed by atoms with Gasteiger partial charge in [0.2, 0.25) is 5.91 Å². The smallest absolute Gasteiger partial charge is 0.224 e. The van der Waals surface area contributed by atoms with Crippen molar-refractivity contribution in [1.29, 1.82) is 0 Å². The van der Waals surface area contributed by atoms with E-state index in [-0.39, 0.29) is 11.7 Å². The quantitative estimate of drug-likeness (QED) is 0.401. The fourth-order valence-electron chi connectivity index (χ4n) is 4.49. The van der Waals surface area contributed by atoms with Gasteiger partial charge < -0.3 is 14.7 Å². The van der Waals surface area contributed by atoms with Crippen molar-refractivity contribution in [2.45, 2.75) is 53.0 Å². The largest absolute Gasteiger partial charge is 0.507 e. The number of amides is 1. The Morgan fingerprint density at radius 2 is 1.82 bits per heavy atom. The average Bonchev–Trinajstić information content (AvgIpc) is 2.79. The number of hydrogen-bond acceptors (Lipinski definition) is 3. The van der Waals surface area contributed by atoms with Gasteiger partial charge in [-0.25, -0.2) is 0 Å². The number of aromatic hydroxyl groups is 1. The second-order valence-corrected chi connectivity index (χ2v) is 8.71. The Morgan fingerprint density at radius 3 is 2.52 bits per heavy atom. The van der Waals surface area contributed by atoms with Gasteiger partial charge in [-0.2, -0.15) is 0 Å². The van der Waals surface area contributed by atoms with Crippen LogP contribution in [0.5, 0.6) is 11.5 Å². The van der Waals surface area contributed by atoms with Gasteiger partial charge in [-0.3, -0.25) is 4.79 Å². The zero-order valence-electron chi connectivity index (χ0n) is 19.6. The number of anilines is 1. The molecule has 3 aromatic rings. The lowest BCUT2D eigenvalue weighted by Gasteiger charge is -2.28. The minimum Gasteiger partial charge on any atom is -0.507 e. The highest BCUT2D eigenvalue weighted by molar-refractivity contribution is 5.93. The Labute approximate surface area is 196 Å². The number of nitrogens with zero attached hydrogens (tertiary/aromatic N) is 1. The van der Waals surface area contributed by atoms with Crippen LogP contribution in [0.2, 0.25) is 0 Å². The molecule has 170 valence electrons. The third kappa shape index (κ3) is 4.51. The van der Waals surface area contributed by atoms with Gasteiger partial charge in [0.15, 0.2) is 0 Å². The zero-order valence-corrected chi connectivity index (χ0v) is 19.6. The first-order valence-electron chi connectivity index (χ1n) is 11.6. The summed E-state index contributed by atoms with van der Waals surface area (Å²) in [4.78, 5) is 14.3. The summed E-state index contributed by atoms with van der Waals surface area (Å²) in [5.74, 6) is 1.32. The van der Waals surface area contributed by atoms with Gasteiger partial charge in [0.05, 0.1) is 12.1 Å². The highest BCUT2D eigenvalue weighted by atomic mass is 16.5. The first kappa shape index (κ1) is 22.7. The number of phenolic OH excluding ortho intramolecular Hbond substituents is 1. The van der Waals surface area contributed by atoms with Crippen LogP contribution in [-0.2, 0) is 17.8 Å². The predicted molar refractivity (Wildman–Crippen MR) is 134 cm³/mol. The van der Waals surface area contributed by atoms with Gasteiger partial charge in [-0.1, -0.05) is 68.3 Å². The van der Waals surface area contributed by atoms with Crippen molar-refractivity contribution in [2.24, 2.45) is 0 Å². The second kappa shape index (κ2) is 9.53. The fourth-order valence-corrected chi connectivity index (χ4v) is 4.49. The molecule has 0 unspecified atom stereocenters. The first-order chi connectivity index (χ1) is 15.9. The monoisotopic (exact) mass is 441 g/mol. The van der Waals surface area contributed by atoms with Crippen LogP contribution in [0.25, 0.3) is 16.9 Å². The van der Waals surface area contributed by atoms with E-state index in [0.717, 1.165) is 59.2 Å². The Bertz CT molecular complexity index is 1200. The van der Waals surface area contributed by atoms with E-state index >= 15 is 0 Å². The number of para-hydroxylation sites is 1. The molecule has 1 N–H and O–H groups in total. The van der Waals surface area contributed by atoms with Crippen LogP contribution in [0.3, 0.4) is 0 Å². The molecule has 33 heavy (non-hydrogen) atoms. The molecule has 0 aliphatic carbocycles. The van der Waals surface area contributed by atoms with E-state index in [1.165, 1.54) is 0 Å². The van der Waals surface area contributed by atoms with Crippen LogP contribution in [0.4, 0.5) is 5.69 Å². The molecule has 1 heterocycles. The lowest BCUT2D eigenvalue weighted by atomic mass is 9.88. The minimum atomic E-state index is -0.0706. The van der Waals surface area contributed by atoms with E-state index in [0.29, 0.717) is 23.6 Å². The van der Waals surface area contributed by atoms with Crippen LogP contribution >= 0.6 is 0 Å². The number of ether oxygens (including phenoxy) is 1. The van der Waals surface area contributed by atoms with Crippen molar-refractivity contribution >= 4 is 17.4 Å². The number of unbranched alkanes of at least 4 members (excludes halogenated alkanes) is 2. The van der Waals surface area contributed by atoms with Gasteiger partial charge in [-0.05, 0) is 43.5 Å². The Balaban J connectivity index is 1.87. The molecule has 3 aromatic carbocycles.